The van der Waals surface area contributed by atoms with E-state index in [1.807, 2.05) is 0 Å². The fraction of sp³-hybridized carbons (Fsp3) is 0. The monoisotopic (exact) mass is 180 g/mol. The molecule has 0 aliphatic heterocycles. The lowest BCUT2D eigenvalue weighted by molar-refractivity contribution is 0.627. The average Bonchev–Trinajstić information content (AvgIpc) is 2.09. The van der Waals surface area contributed by atoms with Crippen molar-refractivity contribution in [3.63, 3.8) is 0 Å². The quantitative estimate of drug-likeness (QED) is 0.615. The van der Waals surface area contributed by atoms with Gasteiger partial charge in [-0.3, -0.25) is 0 Å². The predicted octanol–water partition coefficient (Wildman–Crippen LogP) is 2.22. The molecule has 0 heterocycles. The Kier molecular flexibility index (Phi) is 2.28. The molecule has 0 aromatic heterocycles. The summed E-state index contributed by atoms with van der Waals surface area (Å²) in [5, 5.41) is 16.8. The van der Waals surface area contributed by atoms with E-state index in [0.29, 0.717) is 0 Å². The minimum Gasteiger partial charge on any atom is -0.205 e. The van der Waals surface area contributed by atoms with Gasteiger partial charge < -0.3 is 0 Å². The summed E-state index contributed by atoms with van der Waals surface area (Å²) in [6.07, 6.45) is 0. The van der Waals surface area contributed by atoms with Gasteiger partial charge in [-0.15, -0.1) is 0 Å². The lowest BCUT2D eigenvalue weighted by atomic mass is 10.1. The highest BCUT2D eigenvalue weighted by Gasteiger charge is 2.06. The summed E-state index contributed by atoms with van der Waals surface area (Å²) in [6, 6.07) is 5.51. The molecule has 4 heteroatoms. The molecule has 1 aromatic rings. The van der Waals surface area contributed by atoms with Crippen molar-refractivity contribution in [2.24, 2.45) is 0 Å². The Balaban J connectivity index is 3.44. The van der Waals surface area contributed by atoms with Crippen molar-refractivity contribution in [3.05, 3.63) is 34.1 Å². The molecule has 0 fully saturated rings. The molecule has 58 valence electrons. The van der Waals surface area contributed by atoms with Crippen LogP contribution in [-0.2, 0) is 0 Å². The normalized spacial score (nSPS) is 8.67. The molecular weight excluding hydrogens is 179 g/mol. The second-order valence-electron chi connectivity index (χ2n) is 2.04. The third-order valence-corrected chi connectivity index (χ3v) is 1.59. The number of halogens is 2. The molecule has 0 N–H and O–H groups in total. The lowest BCUT2D eigenvalue weighted by Gasteiger charge is -1.95. The zero-order chi connectivity index (χ0) is 9.14. The van der Waals surface area contributed by atoms with Gasteiger partial charge in [0.15, 0.2) is 0 Å². The van der Waals surface area contributed by atoms with Crippen LogP contribution < -0.4 is 0 Å². The summed E-state index contributed by atoms with van der Waals surface area (Å²) in [4.78, 5) is 0. The van der Waals surface area contributed by atoms with Crippen LogP contribution in [0.4, 0.5) is 4.39 Å². The Hall–Kier alpha value is -1.58. The molecule has 1 aromatic carbocycles. The molecular formula is C8H2ClFN2. The Bertz CT molecular complexity index is 362. The first kappa shape index (κ1) is 8.52. The van der Waals surface area contributed by atoms with Gasteiger partial charge in [-0.05, 0) is 12.1 Å². The molecule has 12 heavy (non-hydrogen) atoms. The van der Waals surface area contributed by atoms with Crippen LogP contribution in [0.2, 0.25) is 5.02 Å². The van der Waals surface area contributed by atoms with Gasteiger partial charge >= 0.3 is 0 Å². The predicted molar refractivity (Wildman–Crippen MR) is 40.8 cm³/mol. The van der Waals surface area contributed by atoms with Gasteiger partial charge in [-0.2, -0.15) is 10.5 Å². The number of hydrogen-bond donors (Lipinski definition) is 0. The van der Waals surface area contributed by atoms with Crippen molar-refractivity contribution in [3.8, 4) is 12.1 Å². The van der Waals surface area contributed by atoms with Gasteiger partial charge in [0.2, 0.25) is 0 Å². The standard InChI is InChI=1S/C8H2ClFN2/c9-7-1-5(3-11)6(4-12)2-8(7)10/h1-2H. The molecule has 0 amide bonds. The zero-order valence-corrected chi connectivity index (χ0v) is 6.56. The second kappa shape index (κ2) is 3.21. The highest BCUT2D eigenvalue weighted by atomic mass is 35.5. The van der Waals surface area contributed by atoms with E-state index in [1.54, 1.807) is 12.1 Å². The maximum atomic E-state index is 12.7. The van der Waals surface area contributed by atoms with Crippen molar-refractivity contribution in [2.45, 2.75) is 0 Å². The van der Waals surface area contributed by atoms with Gasteiger partial charge in [0.25, 0.3) is 0 Å². The highest BCUT2D eigenvalue weighted by molar-refractivity contribution is 6.30. The molecule has 0 unspecified atom stereocenters. The summed E-state index contributed by atoms with van der Waals surface area (Å²) in [7, 11) is 0. The summed E-state index contributed by atoms with van der Waals surface area (Å²) in [5.41, 5.74) is 0.0864. The van der Waals surface area contributed by atoms with E-state index in [2.05, 4.69) is 0 Å². The van der Waals surface area contributed by atoms with Gasteiger partial charge in [0, 0.05) is 0 Å². The number of benzene rings is 1. The Morgan fingerprint density at radius 3 is 2.17 bits per heavy atom. The SMILES string of the molecule is N#Cc1cc(F)c(Cl)cc1C#N. The summed E-state index contributed by atoms with van der Waals surface area (Å²) in [6.45, 7) is 0. The highest BCUT2D eigenvalue weighted by Crippen LogP contribution is 2.18. The van der Waals surface area contributed by atoms with Gasteiger partial charge in [-0.25, -0.2) is 4.39 Å². The third-order valence-electron chi connectivity index (χ3n) is 1.30. The first-order chi connectivity index (χ1) is 5.69. The number of hydrogen-bond acceptors (Lipinski definition) is 2. The van der Waals surface area contributed by atoms with Crippen LogP contribution in [-0.4, -0.2) is 0 Å². The van der Waals surface area contributed by atoms with Crippen molar-refractivity contribution in [1.82, 2.24) is 0 Å². The maximum absolute atomic E-state index is 12.7. The van der Waals surface area contributed by atoms with Crippen LogP contribution in [0.1, 0.15) is 11.1 Å². The van der Waals surface area contributed by atoms with E-state index in [0.717, 1.165) is 12.1 Å². The van der Waals surface area contributed by atoms with E-state index in [4.69, 9.17) is 22.1 Å². The van der Waals surface area contributed by atoms with E-state index >= 15 is 0 Å². The van der Waals surface area contributed by atoms with Crippen molar-refractivity contribution in [2.75, 3.05) is 0 Å². The fourth-order valence-electron chi connectivity index (χ4n) is 0.732. The van der Waals surface area contributed by atoms with Crippen LogP contribution >= 0.6 is 11.6 Å². The smallest absolute Gasteiger partial charge is 0.143 e. The van der Waals surface area contributed by atoms with Crippen molar-refractivity contribution >= 4 is 11.6 Å². The number of rotatable bonds is 0. The van der Waals surface area contributed by atoms with Crippen molar-refractivity contribution in [1.29, 1.82) is 10.5 Å². The summed E-state index contributed by atoms with van der Waals surface area (Å²) >= 11 is 5.39. The second-order valence-corrected chi connectivity index (χ2v) is 2.44. The van der Waals surface area contributed by atoms with Gasteiger partial charge in [-0.1, -0.05) is 11.6 Å². The molecule has 0 aliphatic carbocycles. The van der Waals surface area contributed by atoms with Gasteiger partial charge in [0.1, 0.15) is 18.0 Å². The van der Waals surface area contributed by atoms with Crippen LogP contribution in [0, 0.1) is 28.5 Å². The fourth-order valence-corrected chi connectivity index (χ4v) is 0.896. The largest absolute Gasteiger partial charge is 0.205 e. The molecule has 0 radical (unpaired) electrons. The number of nitrogens with zero attached hydrogens (tertiary/aromatic N) is 2. The topological polar surface area (TPSA) is 47.6 Å². The number of nitriles is 2. The summed E-state index contributed by atoms with van der Waals surface area (Å²) in [5.74, 6) is -0.688. The first-order valence-electron chi connectivity index (χ1n) is 2.98. The van der Waals surface area contributed by atoms with Crippen LogP contribution in [0.5, 0.6) is 0 Å². The van der Waals surface area contributed by atoms with E-state index in [9.17, 15) is 4.39 Å². The molecule has 2 nitrogen and oxygen atoms in total. The minimum atomic E-state index is -0.688. The first-order valence-corrected chi connectivity index (χ1v) is 3.36. The Morgan fingerprint density at radius 1 is 1.17 bits per heavy atom. The van der Waals surface area contributed by atoms with Crippen LogP contribution in [0.25, 0.3) is 0 Å². The van der Waals surface area contributed by atoms with E-state index in [1.165, 1.54) is 0 Å². The molecule has 0 atom stereocenters. The average molecular weight is 181 g/mol. The molecule has 0 spiro atoms. The minimum absolute atomic E-state index is 0.000556. The third kappa shape index (κ3) is 1.37. The molecule has 1 rings (SSSR count). The molecule has 0 aliphatic rings. The van der Waals surface area contributed by atoms with Crippen LogP contribution in [0.15, 0.2) is 12.1 Å². The van der Waals surface area contributed by atoms with E-state index in [-0.39, 0.29) is 16.1 Å². The summed E-state index contributed by atoms with van der Waals surface area (Å²) < 4.78 is 12.7. The molecule has 0 saturated carbocycles. The van der Waals surface area contributed by atoms with Gasteiger partial charge in [0.05, 0.1) is 16.1 Å². The van der Waals surface area contributed by atoms with E-state index < -0.39 is 5.82 Å². The lowest BCUT2D eigenvalue weighted by Crippen LogP contribution is -1.86. The maximum Gasteiger partial charge on any atom is 0.143 e. The molecule has 0 saturated heterocycles. The zero-order valence-electron chi connectivity index (χ0n) is 5.81. The molecule has 0 bridgehead atoms. The Labute approximate surface area is 73.4 Å². The van der Waals surface area contributed by atoms with Crippen LogP contribution in [0.3, 0.4) is 0 Å². The van der Waals surface area contributed by atoms with Crippen molar-refractivity contribution < 1.29 is 4.39 Å². The Morgan fingerprint density at radius 2 is 1.67 bits per heavy atom.